The van der Waals surface area contributed by atoms with Crippen LogP contribution in [0.3, 0.4) is 0 Å². The van der Waals surface area contributed by atoms with Crippen LogP contribution in [0.1, 0.15) is 24.9 Å². The number of anilines is 2. The number of alkyl halides is 1. The molecule has 0 aromatic heterocycles. The van der Waals surface area contributed by atoms with E-state index in [0.717, 1.165) is 0 Å². The summed E-state index contributed by atoms with van der Waals surface area (Å²) in [6, 6.07) is 21.6. The molecule has 9 nitrogen and oxygen atoms in total. The Bertz CT molecular complexity index is 1520. The molecule has 3 heterocycles. The molecule has 3 fully saturated rings. The average molecular weight is 681 g/mol. The van der Waals surface area contributed by atoms with Crippen LogP contribution < -0.4 is 20.1 Å². The zero-order valence-electron chi connectivity index (χ0n) is 24.3. The van der Waals surface area contributed by atoms with Gasteiger partial charge in [0, 0.05) is 21.5 Å². The normalized spacial score (nSPS) is 27.5. The van der Waals surface area contributed by atoms with Gasteiger partial charge in [-0.15, -0.1) is 11.8 Å². The van der Waals surface area contributed by atoms with Crippen molar-refractivity contribution in [1.29, 1.82) is 0 Å². The van der Waals surface area contributed by atoms with Crippen LogP contribution in [-0.2, 0) is 14.4 Å². The number of nitrogens with one attached hydrogen (secondary N) is 2. The van der Waals surface area contributed by atoms with Gasteiger partial charge in [-0.05, 0) is 67.4 Å². The van der Waals surface area contributed by atoms with Gasteiger partial charge in [-0.1, -0.05) is 46.3 Å². The van der Waals surface area contributed by atoms with Crippen molar-refractivity contribution in [3.05, 3.63) is 84.4 Å². The van der Waals surface area contributed by atoms with Crippen LogP contribution in [0, 0.1) is 11.8 Å². The number of carbonyl (C=O) groups is 3. The molecular weight excluding hydrogens is 646 g/mol. The summed E-state index contributed by atoms with van der Waals surface area (Å²) >= 11 is 5.35. The molecular formula is C33H34BrN3O6S. The lowest BCUT2D eigenvalue weighted by Crippen LogP contribution is -2.53. The fourth-order valence-electron chi connectivity index (χ4n) is 6.94. The summed E-state index contributed by atoms with van der Waals surface area (Å²) in [6.07, 6.45) is 0.524. The Morgan fingerprint density at radius 1 is 1.00 bits per heavy atom. The van der Waals surface area contributed by atoms with Crippen LogP contribution in [0.4, 0.5) is 11.4 Å². The van der Waals surface area contributed by atoms with E-state index in [0.29, 0.717) is 41.5 Å². The predicted molar refractivity (Wildman–Crippen MR) is 173 cm³/mol. The van der Waals surface area contributed by atoms with Crippen molar-refractivity contribution in [3.8, 4) is 11.5 Å². The van der Waals surface area contributed by atoms with E-state index >= 15 is 0 Å². The first-order valence-corrected chi connectivity index (χ1v) is 16.4. The lowest BCUT2D eigenvalue weighted by atomic mass is 9.70. The molecule has 3 saturated heterocycles. The molecule has 44 heavy (non-hydrogen) atoms. The third-order valence-electron chi connectivity index (χ3n) is 8.76. The summed E-state index contributed by atoms with van der Waals surface area (Å²) in [7, 11) is 1.57. The van der Waals surface area contributed by atoms with Crippen molar-refractivity contribution in [1.82, 2.24) is 4.90 Å². The van der Waals surface area contributed by atoms with Gasteiger partial charge in [0.2, 0.25) is 17.7 Å². The molecule has 6 rings (SSSR count). The number of ether oxygens (including phenoxy) is 2. The minimum atomic E-state index is -0.933. The maximum absolute atomic E-state index is 14.6. The quantitative estimate of drug-likeness (QED) is 0.262. The first-order valence-electron chi connectivity index (χ1n) is 14.6. The molecule has 3 aliphatic rings. The van der Waals surface area contributed by atoms with Gasteiger partial charge in [0.05, 0.1) is 42.9 Å². The number of methoxy groups -OCH3 is 1. The summed E-state index contributed by atoms with van der Waals surface area (Å²) in [6.45, 7) is 2.06. The lowest BCUT2D eigenvalue weighted by molar-refractivity contribution is -0.141. The Labute approximate surface area is 268 Å². The molecule has 3 N–H and O–H groups in total. The van der Waals surface area contributed by atoms with Gasteiger partial charge < -0.3 is 30.1 Å². The number of carbonyl (C=O) groups excluding carboxylic acids is 3. The summed E-state index contributed by atoms with van der Waals surface area (Å²) in [5.41, 5.74) is 1.87. The highest BCUT2D eigenvalue weighted by molar-refractivity contribution is 9.09. The number of nitrogens with zero attached hydrogens (tertiary/aromatic N) is 1. The maximum atomic E-state index is 14.6. The third kappa shape index (κ3) is 5.24. The van der Waals surface area contributed by atoms with Gasteiger partial charge in [-0.3, -0.25) is 14.4 Å². The molecule has 3 aromatic carbocycles. The minimum absolute atomic E-state index is 0.0897. The van der Waals surface area contributed by atoms with Gasteiger partial charge in [0.15, 0.2) is 0 Å². The fourth-order valence-corrected chi connectivity index (χ4v) is 10.5. The number of fused-ring (bicyclic) bond motifs is 1. The molecule has 3 aliphatic heterocycles. The number of halogens is 1. The number of hydrogen-bond donors (Lipinski definition) is 3. The van der Waals surface area contributed by atoms with Crippen molar-refractivity contribution < 1.29 is 29.0 Å². The number of likely N-dealkylation sites (tertiary alicyclic amines) is 1. The zero-order valence-corrected chi connectivity index (χ0v) is 26.7. The second-order valence-corrected chi connectivity index (χ2v) is 13.9. The van der Waals surface area contributed by atoms with E-state index in [1.54, 1.807) is 67.4 Å². The van der Waals surface area contributed by atoms with E-state index in [1.165, 1.54) is 4.90 Å². The summed E-state index contributed by atoms with van der Waals surface area (Å²) in [4.78, 5) is 44.3. The number of aliphatic hydroxyl groups excluding tert-OH is 1. The number of rotatable bonds is 10. The topological polar surface area (TPSA) is 117 Å². The van der Waals surface area contributed by atoms with Crippen LogP contribution in [0.5, 0.6) is 11.5 Å². The van der Waals surface area contributed by atoms with Crippen LogP contribution in [-0.4, -0.2) is 68.9 Å². The number of hydrogen-bond acceptors (Lipinski definition) is 7. The van der Waals surface area contributed by atoms with E-state index < -0.39 is 28.7 Å². The number of aliphatic hydroxyl groups is 1. The van der Waals surface area contributed by atoms with Gasteiger partial charge in [0.25, 0.3) is 0 Å². The maximum Gasteiger partial charge on any atom is 0.248 e. The molecule has 3 unspecified atom stereocenters. The number of thioether (sulfide) groups is 1. The third-order valence-corrected chi connectivity index (χ3v) is 12.0. The van der Waals surface area contributed by atoms with Crippen molar-refractivity contribution in [2.24, 2.45) is 11.8 Å². The predicted octanol–water partition coefficient (Wildman–Crippen LogP) is 4.87. The molecule has 2 bridgehead atoms. The van der Waals surface area contributed by atoms with Crippen LogP contribution in [0.2, 0.25) is 0 Å². The monoisotopic (exact) mass is 679 g/mol. The Hall–Kier alpha value is -3.54. The van der Waals surface area contributed by atoms with Gasteiger partial charge in [-0.25, -0.2) is 0 Å². The standard InChI is InChI=1S/C33H34BrN3O6S/c1-3-43-23-15-11-20(12-16-23)35-30(39)26-27-32(41)37(25(18-38)19-7-5-4-6-8-19)29(33(27)17-24(34)28(26)44-33)31(40)36-21-9-13-22(42-2)14-10-21/h4-16,24-29,38H,3,17-18H2,1-2H3,(H,35,39)(H,36,40)/t24?,25-,26+,27+,28+,29?,33?/m1/s1. The van der Waals surface area contributed by atoms with Crippen molar-refractivity contribution in [3.63, 3.8) is 0 Å². The summed E-state index contributed by atoms with van der Waals surface area (Å²) in [5.74, 6) is -1.02. The van der Waals surface area contributed by atoms with E-state index in [4.69, 9.17) is 9.47 Å². The van der Waals surface area contributed by atoms with Crippen LogP contribution in [0.25, 0.3) is 0 Å². The lowest BCUT2D eigenvalue weighted by Gasteiger charge is -2.37. The van der Waals surface area contributed by atoms with Crippen molar-refractivity contribution >= 4 is 56.8 Å². The summed E-state index contributed by atoms with van der Waals surface area (Å²) in [5, 5.41) is 16.5. The largest absolute Gasteiger partial charge is 0.497 e. The molecule has 3 aromatic rings. The second-order valence-electron chi connectivity index (χ2n) is 11.2. The molecule has 0 radical (unpaired) electrons. The number of amides is 3. The van der Waals surface area contributed by atoms with Crippen LogP contribution in [0.15, 0.2) is 78.9 Å². The fraction of sp³-hybridized carbons (Fsp3) is 0.364. The van der Waals surface area contributed by atoms with Crippen molar-refractivity contribution in [2.45, 2.75) is 40.3 Å². The Balaban J connectivity index is 1.37. The highest BCUT2D eigenvalue weighted by Gasteiger charge is 2.76. The SMILES string of the molecule is CCOc1ccc(NC(=O)[C@H]2[C@H]3C(=O)N([C@H](CO)c4ccccc4)C(C(=O)Nc4ccc(OC)cc4)C34CC(Br)[C@@H]2S4)cc1. The van der Waals surface area contributed by atoms with Crippen LogP contribution >= 0.6 is 27.7 Å². The molecule has 230 valence electrons. The molecule has 1 spiro atoms. The highest BCUT2D eigenvalue weighted by Crippen LogP contribution is 2.68. The van der Waals surface area contributed by atoms with Gasteiger partial charge in [-0.2, -0.15) is 0 Å². The molecule has 0 aliphatic carbocycles. The number of benzene rings is 3. The smallest absolute Gasteiger partial charge is 0.248 e. The first-order chi connectivity index (χ1) is 21.3. The van der Waals surface area contributed by atoms with E-state index in [-0.39, 0.29) is 34.4 Å². The molecule has 0 saturated carbocycles. The average Bonchev–Trinajstić information content (AvgIpc) is 3.63. The Morgan fingerprint density at radius 3 is 2.20 bits per heavy atom. The zero-order chi connectivity index (χ0) is 31.0. The van der Waals surface area contributed by atoms with Gasteiger partial charge in [0.1, 0.15) is 17.5 Å². The van der Waals surface area contributed by atoms with E-state index in [2.05, 4.69) is 26.6 Å². The first kappa shape index (κ1) is 30.5. The molecule has 11 heteroatoms. The van der Waals surface area contributed by atoms with E-state index in [9.17, 15) is 19.5 Å². The van der Waals surface area contributed by atoms with E-state index in [1.807, 2.05) is 37.3 Å². The highest BCUT2D eigenvalue weighted by atomic mass is 79.9. The minimum Gasteiger partial charge on any atom is -0.497 e. The second kappa shape index (κ2) is 12.5. The summed E-state index contributed by atoms with van der Waals surface area (Å²) < 4.78 is 9.90. The molecule has 3 amide bonds. The Morgan fingerprint density at radius 2 is 1.61 bits per heavy atom. The molecule has 7 atom stereocenters. The van der Waals surface area contributed by atoms with Gasteiger partial charge >= 0.3 is 0 Å². The Kier molecular flexibility index (Phi) is 8.63. The van der Waals surface area contributed by atoms with Crippen molar-refractivity contribution in [2.75, 3.05) is 31.0 Å².